The van der Waals surface area contributed by atoms with Gasteiger partial charge in [-0.25, -0.2) is 9.97 Å². The third-order valence-electron chi connectivity index (χ3n) is 3.65. The zero-order chi connectivity index (χ0) is 15.7. The van der Waals surface area contributed by atoms with Gasteiger partial charge in [-0.1, -0.05) is 0 Å². The summed E-state index contributed by atoms with van der Waals surface area (Å²) < 4.78 is 3.07. The van der Waals surface area contributed by atoms with E-state index in [-0.39, 0.29) is 18.6 Å². The highest BCUT2D eigenvalue weighted by Crippen LogP contribution is 2.18. The molecule has 118 valence electrons. The molecule has 9 heteroatoms. The SMILES string of the molecule is O=C(Cn1cnc2nc3n(c2c1=O)CCC3)NCC(O)CO. The van der Waals surface area contributed by atoms with Crippen LogP contribution >= 0.6 is 0 Å². The summed E-state index contributed by atoms with van der Waals surface area (Å²) in [6, 6.07) is 0. The maximum Gasteiger partial charge on any atom is 0.280 e. The maximum absolute atomic E-state index is 12.5. The number of aryl methyl sites for hydroxylation is 2. The highest BCUT2D eigenvalue weighted by atomic mass is 16.3. The summed E-state index contributed by atoms with van der Waals surface area (Å²) in [4.78, 5) is 32.7. The van der Waals surface area contributed by atoms with Crippen molar-refractivity contribution < 1.29 is 15.0 Å². The number of imidazole rings is 1. The van der Waals surface area contributed by atoms with Gasteiger partial charge in [-0.2, -0.15) is 0 Å². The van der Waals surface area contributed by atoms with E-state index in [2.05, 4.69) is 15.3 Å². The molecule has 0 bridgehead atoms. The van der Waals surface area contributed by atoms with Crippen LogP contribution in [-0.2, 0) is 24.3 Å². The molecule has 3 rings (SSSR count). The lowest BCUT2D eigenvalue weighted by atomic mass is 10.3. The van der Waals surface area contributed by atoms with Crippen molar-refractivity contribution in [3.63, 3.8) is 0 Å². The lowest BCUT2D eigenvalue weighted by Gasteiger charge is -2.10. The molecule has 0 fully saturated rings. The summed E-state index contributed by atoms with van der Waals surface area (Å²) >= 11 is 0. The zero-order valence-electron chi connectivity index (χ0n) is 11.9. The van der Waals surface area contributed by atoms with Gasteiger partial charge < -0.3 is 20.1 Å². The Morgan fingerprint density at radius 2 is 2.32 bits per heavy atom. The monoisotopic (exact) mass is 307 g/mol. The van der Waals surface area contributed by atoms with Crippen LogP contribution in [-0.4, -0.2) is 54.5 Å². The van der Waals surface area contributed by atoms with Gasteiger partial charge >= 0.3 is 0 Å². The Labute approximate surface area is 125 Å². The number of carbonyl (C=O) groups excluding carboxylic acids is 1. The van der Waals surface area contributed by atoms with E-state index >= 15 is 0 Å². The molecule has 3 heterocycles. The first-order valence-electron chi connectivity index (χ1n) is 7.10. The number of rotatable bonds is 5. The predicted octanol–water partition coefficient (Wildman–Crippen LogP) is -1.99. The van der Waals surface area contributed by atoms with Crippen LogP contribution in [0, 0.1) is 0 Å². The smallest absolute Gasteiger partial charge is 0.280 e. The van der Waals surface area contributed by atoms with Gasteiger partial charge in [0.25, 0.3) is 5.56 Å². The fraction of sp³-hybridized carbons (Fsp3) is 0.538. The van der Waals surface area contributed by atoms with E-state index in [9.17, 15) is 14.7 Å². The minimum absolute atomic E-state index is 0.0676. The first kappa shape index (κ1) is 14.7. The number of aliphatic hydroxyl groups is 2. The Balaban J connectivity index is 1.81. The van der Waals surface area contributed by atoms with E-state index in [1.165, 1.54) is 10.9 Å². The number of fused-ring (bicyclic) bond motifs is 3. The molecule has 1 aliphatic rings. The summed E-state index contributed by atoms with van der Waals surface area (Å²) in [5, 5.41) is 20.3. The van der Waals surface area contributed by atoms with E-state index < -0.39 is 18.6 Å². The van der Waals surface area contributed by atoms with Gasteiger partial charge in [0.05, 0.1) is 12.7 Å². The number of nitrogens with one attached hydrogen (secondary N) is 1. The Morgan fingerprint density at radius 3 is 3.09 bits per heavy atom. The molecule has 2 aromatic rings. The largest absolute Gasteiger partial charge is 0.394 e. The fourth-order valence-electron chi connectivity index (χ4n) is 2.55. The molecule has 0 saturated carbocycles. The molecule has 3 N–H and O–H groups in total. The second-order valence-corrected chi connectivity index (χ2v) is 5.27. The van der Waals surface area contributed by atoms with Crippen molar-refractivity contribution in [1.82, 2.24) is 24.4 Å². The summed E-state index contributed by atoms with van der Waals surface area (Å²) in [5.74, 6) is 0.421. The Kier molecular flexibility index (Phi) is 3.90. The van der Waals surface area contributed by atoms with Gasteiger partial charge in [0, 0.05) is 19.5 Å². The third-order valence-corrected chi connectivity index (χ3v) is 3.65. The summed E-state index contributed by atoms with van der Waals surface area (Å²) in [6.45, 7) is 0.0413. The standard InChI is InChI=1S/C13H17N5O4/c19-6-8(20)4-14-10(21)5-17-7-15-12-11(13(17)22)18-3-1-2-9(18)16-12/h7-8,19-20H,1-6H2,(H,14,21). The Morgan fingerprint density at radius 1 is 1.50 bits per heavy atom. The van der Waals surface area contributed by atoms with Gasteiger partial charge in [0.1, 0.15) is 18.7 Å². The van der Waals surface area contributed by atoms with Crippen LogP contribution in [0.2, 0.25) is 0 Å². The molecule has 0 aliphatic carbocycles. The van der Waals surface area contributed by atoms with Crippen molar-refractivity contribution >= 4 is 17.1 Å². The number of hydrogen-bond acceptors (Lipinski definition) is 6. The zero-order valence-corrected chi connectivity index (χ0v) is 11.9. The van der Waals surface area contributed by atoms with Crippen molar-refractivity contribution in [3.8, 4) is 0 Å². The summed E-state index contributed by atoms with van der Waals surface area (Å²) in [5.41, 5.74) is 0.536. The Hall–Kier alpha value is -2.26. The minimum Gasteiger partial charge on any atom is -0.394 e. The second kappa shape index (κ2) is 5.85. The predicted molar refractivity (Wildman–Crippen MR) is 76.2 cm³/mol. The van der Waals surface area contributed by atoms with Crippen LogP contribution in [0.25, 0.3) is 11.2 Å². The van der Waals surface area contributed by atoms with E-state index in [1.54, 1.807) is 0 Å². The van der Waals surface area contributed by atoms with Crippen molar-refractivity contribution in [2.24, 2.45) is 0 Å². The molecular weight excluding hydrogens is 290 g/mol. The van der Waals surface area contributed by atoms with Crippen LogP contribution in [0.15, 0.2) is 11.1 Å². The highest BCUT2D eigenvalue weighted by Gasteiger charge is 2.20. The average Bonchev–Trinajstić information content (AvgIpc) is 3.08. The van der Waals surface area contributed by atoms with Crippen molar-refractivity contribution in [3.05, 3.63) is 22.5 Å². The average molecular weight is 307 g/mol. The molecule has 1 atom stereocenters. The van der Waals surface area contributed by atoms with Gasteiger partial charge in [0.2, 0.25) is 5.91 Å². The number of carbonyl (C=O) groups is 1. The number of hydrogen-bond donors (Lipinski definition) is 3. The molecule has 1 aliphatic heterocycles. The molecule has 1 amide bonds. The molecule has 0 saturated heterocycles. The third kappa shape index (κ3) is 2.60. The van der Waals surface area contributed by atoms with Gasteiger partial charge in [0.15, 0.2) is 11.2 Å². The van der Waals surface area contributed by atoms with Crippen LogP contribution in [0.4, 0.5) is 0 Å². The summed E-state index contributed by atoms with van der Waals surface area (Å²) in [7, 11) is 0. The molecule has 1 unspecified atom stereocenters. The number of nitrogens with zero attached hydrogens (tertiary/aromatic N) is 4. The molecule has 2 aromatic heterocycles. The van der Waals surface area contributed by atoms with Gasteiger partial charge in [-0.3, -0.25) is 14.2 Å². The van der Waals surface area contributed by atoms with Crippen LogP contribution < -0.4 is 10.9 Å². The van der Waals surface area contributed by atoms with E-state index in [0.29, 0.717) is 11.2 Å². The van der Waals surface area contributed by atoms with Crippen molar-refractivity contribution in [2.45, 2.75) is 32.0 Å². The first-order valence-corrected chi connectivity index (χ1v) is 7.10. The van der Waals surface area contributed by atoms with E-state index in [4.69, 9.17) is 5.11 Å². The number of aliphatic hydroxyl groups excluding tert-OH is 2. The number of aromatic nitrogens is 4. The quantitative estimate of drug-likeness (QED) is 0.588. The molecule has 22 heavy (non-hydrogen) atoms. The van der Waals surface area contributed by atoms with Gasteiger partial charge in [-0.15, -0.1) is 0 Å². The normalized spacial score (nSPS) is 15.0. The van der Waals surface area contributed by atoms with E-state index in [1.807, 2.05) is 4.57 Å². The first-order chi connectivity index (χ1) is 10.6. The molecular formula is C13H17N5O4. The van der Waals surface area contributed by atoms with Gasteiger partial charge in [-0.05, 0) is 6.42 Å². The lowest BCUT2D eigenvalue weighted by Crippen LogP contribution is -2.38. The lowest BCUT2D eigenvalue weighted by molar-refractivity contribution is -0.122. The van der Waals surface area contributed by atoms with E-state index in [0.717, 1.165) is 25.2 Å². The molecule has 0 radical (unpaired) electrons. The van der Waals surface area contributed by atoms with Crippen LogP contribution in [0.1, 0.15) is 12.2 Å². The van der Waals surface area contributed by atoms with Crippen LogP contribution in [0.5, 0.6) is 0 Å². The fourth-order valence-corrected chi connectivity index (χ4v) is 2.55. The molecule has 0 spiro atoms. The minimum atomic E-state index is -1.01. The second-order valence-electron chi connectivity index (χ2n) is 5.27. The van der Waals surface area contributed by atoms with Crippen LogP contribution in [0.3, 0.4) is 0 Å². The molecule has 9 nitrogen and oxygen atoms in total. The van der Waals surface area contributed by atoms with Crippen molar-refractivity contribution in [2.75, 3.05) is 13.2 Å². The summed E-state index contributed by atoms with van der Waals surface area (Å²) in [6.07, 6.45) is 2.07. The maximum atomic E-state index is 12.5. The van der Waals surface area contributed by atoms with Crippen molar-refractivity contribution in [1.29, 1.82) is 0 Å². The topological polar surface area (TPSA) is 122 Å². The highest BCUT2D eigenvalue weighted by molar-refractivity contribution is 5.76. The molecule has 0 aromatic carbocycles. The number of amides is 1. The Bertz CT molecular complexity index is 766.